The summed E-state index contributed by atoms with van der Waals surface area (Å²) >= 11 is 3.74. The summed E-state index contributed by atoms with van der Waals surface area (Å²) in [5.74, 6) is 0.683. The van der Waals surface area contributed by atoms with Gasteiger partial charge in [0.15, 0.2) is 12.9 Å². The van der Waals surface area contributed by atoms with Gasteiger partial charge >= 0.3 is 5.97 Å². The average molecular weight is 515 g/mol. The molecule has 0 aromatic carbocycles. The summed E-state index contributed by atoms with van der Waals surface area (Å²) < 4.78 is 5.97. The van der Waals surface area contributed by atoms with Crippen molar-refractivity contribution in [3.05, 3.63) is 25.0 Å². The van der Waals surface area contributed by atoms with Crippen LogP contribution < -0.4 is 0 Å². The summed E-state index contributed by atoms with van der Waals surface area (Å²) in [5.41, 5.74) is 3.52. The minimum atomic E-state index is -0.450. The molecule has 0 bridgehead atoms. The molecule has 152 valence electrons. The fraction of sp³-hybridized carbons (Fsp3) is 0.571. The van der Waals surface area contributed by atoms with E-state index in [4.69, 9.17) is 4.74 Å². The molecule has 3 rings (SSSR count). The van der Waals surface area contributed by atoms with Crippen molar-refractivity contribution < 1.29 is 19.1 Å². The number of hydrogen-bond acceptors (Lipinski definition) is 5. The quantitative estimate of drug-likeness (QED) is 0.328. The van der Waals surface area contributed by atoms with E-state index >= 15 is 0 Å². The highest BCUT2D eigenvalue weighted by atomic mass is 127. The third-order valence-electron chi connectivity index (χ3n) is 5.81. The lowest BCUT2D eigenvalue weighted by molar-refractivity contribution is -0.150. The molecule has 2 aliphatic rings. The van der Waals surface area contributed by atoms with Crippen LogP contribution in [0.25, 0.3) is 5.57 Å². The molecule has 2 heterocycles. The molecule has 0 saturated heterocycles. The molecule has 0 radical (unpaired) electrons. The second-order valence-electron chi connectivity index (χ2n) is 7.75. The van der Waals surface area contributed by atoms with Crippen molar-refractivity contribution in [1.82, 2.24) is 4.90 Å². The van der Waals surface area contributed by atoms with Crippen LogP contribution in [0.4, 0.5) is 0 Å². The van der Waals surface area contributed by atoms with E-state index in [1.165, 1.54) is 49.5 Å². The van der Waals surface area contributed by atoms with Gasteiger partial charge in [-0.1, -0.05) is 25.3 Å². The number of esters is 1. The summed E-state index contributed by atoms with van der Waals surface area (Å²) in [6, 6.07) is 2.07. The smallest absolute Gasteiger partial charge is 0.303 e. The SMILES string of the molecule is CC(=O)OCC(=O)N1CCC(C2CCC(C)CC2)=C(c2cc(I)sc2C=O)C1. The summed E-state index contributed by atoms with van der Waals surface area (Å²) in [4.78, 5) is 37.7. The molecule has 0 spiro atoms. The number of amides is 1. The molecule has 5 nitrogen and oxygen atoms in total. The fourth-order valence-electron chi connectivity index (χ4n) is 4.26. The lowest BCUT2D eigenvalue weighted by Gasteiger charge is -2.36. The molecule has 1 aliphatic heterocycles. The van der Waals surface area contributed by atoms with Gasteiger partial charge in [0.1, 0.15) is 0 Å². The normalized spacial score (nSPS) is 22.9. The van der Waals surface area contributed by atoms with Crippen molar-refractivity contribution in [2.75, 3.05) is 19.7 Å². The summed E-state index contributed by atoms with van der Waals surface area (Å²) in [6.45, 7) is 4.52. The molecular weight excluding hydrogens is 489 g/mol. The molecule has 1 saturated carbocycles. The minimum Gasteiger partial charge on any atom is -0.456 e. The van der Waals surface area contributed by atoms with E-state index in [1.54, 1.807) is 4.90 Å². The van der Waals surface area contributed by atoms with Crippen LogP contribution >= 0.6 is 33.9 Å². The lowest BCUT2D eigenvalue weighted by Crippen LogP contribution is -2.40. The molecule has 7 heteroatoms. The van der Waals surface area contributed by atoms with Gasteiger partial charge in [-0.3, -0.25) is 14.4 Å². The van der Waals surface area contributed by atoms with Crippen LogP contribution in [0.2, 0.25) is 0 Å². The molecule has 28 heavy (non-hydrogen) atoms. The Morgan fingerprint density at radius 2 is 2.04 bits per heavy atom. The van der Waals surface area contributed by atoms with Crippen molar-refractivity contribution in [1.29, 1.82) is 0 Å². The van der Waals surface area contributed by atoms with Crippen molar-refractivity contribution >= 4 is 57.7 Å². The predicted molar refractivity (Wildman–Crippen MR) is 118 cm³/mol. The van der Waals surface area contributed by atoms with Gasteiger partial charge in [-0.25, -0.2) is 0 Å². The standard InChI is InChI=1S/C21H26INO4S/c1-13-3-5-15(6-4-13)16-7-8-23(21(26)12-27-14(2)25)10-18(16)17-9-20(22)28-19(17)11-24/h9,11,13,15H,3-8,10,12H2,1-2H3. The summed E-state index contributed by atoms with van der Waals surface area (Å²) in [5, 5.41) is 0. The molecule has 0 atom stereocenters. The number of halogens is 1. The van der Waals surface area contributed by atoms with Gasteiger partial charge in [0, 0.05) is 25.6 Å². The van der Waals surface area contributed by atoms with Crippen LogP contribution in [-0.2, 0) is 14.3 Å². The number of thiophene rings is 1. The molecule has 1 fully saturated rings. The van der Waals surface area contributed by atoms with E-state index < -0.39 is 5.97 Å². The second-order valence-corrected chi connectivity index (χ2v) is 10.7. The van der Waals surface area contributed by atoms with Crippen LogP contribution in [0.5, 0.6) is 0 Å². The maximum atomic E-state index is 12.5. The van der Waals surface area contributed by atoms with Gasteiger partial charge in [0.25, 0.3) is 5.91 Å². The van der Waals surface area contributed by atoms with E-state index in [-0.39, 0.29) is 12.5 Å². The first-order valence-corrected chi connectivity index (χ1v) is 11.7. The predicted octanol–water partition coefficient (Wildman–Crippen LogP) is 4.54. The number of aldehydes is 1. The molecule has 1 amide bonds. The van der Waals surface area contributed by atoms with Crippen molar-refractivity contribution in [2.24, 2.45) is 11.8 Å². The van der Waals surface area contributed by atoms with Crippen LogP contribution in [0.3, 0.4) is 0 Å². The van der Waals surface area contributed by atoms with Crippen molar-refractivity contribution in [3.8, 4) is 0 Å². The Balaban J connectivity index is 1.91. The first-order chi connectivity index (χ1) is 13.4. The molecule has 1 aromatic heterocycles. The van der Waals surface area contributed by atoms with Crippen LogP contribution in [-0.4, -0.2) is 42.8 Å². The molecule has 1 aromatic rings. The van der Waals surface area contributed by atoms with E-state index in [0.29, 0.717) is 19.0 Å². The van der Waals surface area contributed by atoms with Crippen LogP contribution in [0, 0.1) is 14.7 Å². The maximum absolute atomic E-state index is 12.5. The number of hydrogen-bond donors (Lipinski definition) is 0. The third kappa shape index (κ3) is 5.03. The number of nitrogens with zero attached hydrogens (tertiary/aromatic N) is 1. The number of ether oxygens (including phenoxy) is 1. The van der Waals surface area contributed by atoms with Gasteiger partial charge in [0.2, 0.25) is 0 Å². The topological polar surface area (TPSA) is 63.7 Å². The Bertz CT molecular complexity index is 792. The molecule has 0 N–H and O–H groups in total. The van der Waals surface area contributed by atoms with Crippen molar-refractivity contribution in [2.45, 2.75) is 46.0 Å². The Morgan fingerprint density at radius 3 is 2.68 bits per heavy atom. The number of rotatable bonds is 5. The minimum absolute atomic E-state index is 0.179. The Kier molecular flexibility index (Phi) is 7.31. The number of carbonyl (C=O) groups is 3. The first kappa shape index (κ1) is 21.5. The third-order valence-corrected chi connectivity index (χ3v) is 7.63. The van der Waals surface area contributed by atoms with Gasteiger partial charge < -0.3 is 9.64 Å². The highest BCUT2D eigenvalue weighted by Crippen LogP contribution is 2.41. The fourth-order valence-corrected chi connectivity index (χ4v) is 6.01. The van der Waals surface area contributed by atoms with Gasteiger partial charge in [-0.15, -0.1) is 11.3 Å². The summed E-state index contributed by atoms with van der Waals surface area (Å²) in [6.07, 6.45) is 6.58. The Morgan fingerprint density at radius 1 is 1.32 bits per heavy atom. The van der Waals surface area contributed by atoms with E-state index in [1.807, 2.05) is 0 Å². The second kappa shape index (κ2) is 9.52. The van der Waals surface area contributed by atoms with E-state index in [0.717, 1.165) is 37.5 Å². The maximum Gasteiger partial charge on any atom is 0.303 e. The van der Waals surface area contributed by atoms with Gasteiger partial charge in [-0.2, -0.15) is 0 Å². The molecule has 0 unspecified atom stereocenters. The van der Waals surface area contributed by atoms with Gasteiger partial charge in [-0.05, 0) is 65.3 Å². The molecule has 1 aliphatic carbocycles. The first-order valence-electron chi connectivity index (χ1n) is 9.77. The zero-order chi connectivity index (χ0) is 20.3. The lowest BCUT2D eigenvalue weighted by atomic mass is 9.75. The van der Waals surface area contributed by atoms with E-state index in [9.17, 15) is 14.4 Å². The van der Waals surface area contributed by atoms with Crippen LogP contribution in [0.1, 0.15) is 61.2 Å². The highest BCUT2D eigenvalue weighted by Gasteiger charge is 2.31. The zero-order valence-electron chi connectivity index (χ0n) is 16.3. The largest absolute Gasteiger partial charge is 0.456 e. The summed E-state index contributed by atoms with van der Waals surface area (Å²) in [7, 11) is 0. The Hall–Kier alpha value is -1.22. The average Bonchev–Trinajstić information content (AvgIpc) is 3.07. The number of carbonyl (C=O) groups excluding carboxylic acids is 3. The zero-order valence-corrected chi connectivity index (χ0v) is 19.3. The monoisotopic (exact) mass is 515 g/mol. The molecular formula is C21H26INO4S. The van der Waals surface area contributed by atoms with E-state index in [2.05, 4.69) is 35.6 Å². The highest BCUT2D eigenvalue weighted by molar-refractivity contribution is 14.1. The Labute approximate surface area is 183 Å². The van der Waals surface area contributed by atoms with Crippen LogP contribution in [0.15, 0.2) is 11.6 Å². The van der Waals surface area contributed by atoms with Gasteiger partial charge in [0.05, 0.1) is 7.76 Å². The van der Waals surface area contributed by atoms with Crippen molar-refractivity contribution in [3.63, 3.8) is 0 Å².